The molecule has 0 aromatic rings. The molecule has 4 rings (SSSR count). The third-order valence-corrected chi connectivity index (χ3v) is 9.39. The van der Waals surface area contributed by atoms with Crippen LogP contribution in [-0.2, 0) is 0 Å². The molecule has 154 valence electrons. The molecule has 2 nitrogen and oxygen atoms in total. The van der Waals surface area contributed by atoms with Gasteiger partial charge in [0.25, 0.3) is 0 Å². The lowest BCUT2D eigenvalue weighted by Gasteiger charge is -2.54. The van der Waals surface area contributed by atoms with Crippen molar-refractivity contribution in [1.82, 2.24) is 0 Å². The van der Waals surface area contributed by atoms with E-state index in [1.54, 1.807) is 5.57 Å². The van der Waals surface area contributed by atoms with Gasteiger partial charge in [-0.1, -0.05) is 25.5 Å². The molecule has 0 aromatic heterocycles. The number of aliphatic hydroxyl groups excluding tert-OH is 1. The van der Waals surface area contributed by atoms with Crippen molar-refractivity contribution in [1.29, 1.82) is 0 Å². The molecule has 2 N–H and O–H groups in total. The molecule has 0 saturated heterocycles. The molecule has 2 heteroatoms. The van der Waals surface area contributed by atoms with E-state index in [1.807, 2.05) is 13.8 Å². The summed E-state index contributed by atoms with van der Waals surface area (Å²) in [7, 11) is 0. The summed E-state index contributed by atoms with van der Waals surface area (Å²) in [5, 5.41) is 20.2. The molecule has 0 amide bonds. The van der Waals surface area contributed by atoms with Gasteiger partial charge >= 0.3 is 0 Å². The molecule has 4 aliphatic carbocycles. The highest BCUT2D eigenvalue weighted by Crippen LogP contribution is 2.64. The highest BCUT2D eigenvalue weighted by Gasteiger charge is 2.56. The Labute approximate surface area is 166 Å². The average Bonchev–Trinajstić information content (AvgIpc) is 2.96. The zero-order valence-corrected chi connectivity index (χ0v) is 18.1. The van der Waals surface area contributed by atoms with Gasteiger partial charge < -0.3 is 10.2 Å². The molecule has 3 saturated carbocycles. The van der Waals surface area contributed by atoms with Crippen molar-refractivity contribution in [2.45, 2.75) is 104 Å². The second-order valence-corrected chi connectivity index (χ2v) is 11.5. The van der Waals surface area contributed by atoms with Crippen molar-refractivity contribution < 1.29 is 10.2 Å². The molecular weight excluding hydrogens is 332 g/mol. The highest BCUT2D eigenvalue weighted by atomic mass is 16.3. The van der Waals surface area contributed by atoms with Gasteiger partial charge in [0, 0.05) is 0 Å². The quantitative estimate of drug-likeness (QED) is 0.618. The molecule has 8 atom stereocenters. The van der Waals surface area contributed by atoms with Gasteiger partial charge in [-0.3, -0.25) is 0 Å². The second-order valence-electron chi connectivity index (χ2n) is 11.5. The van der Waals surface area contributed by atoms with Gasteiger partial charge in [0.1, 0.15) is 0 Å². The van der Waals surface area contributed by atoms with Gasteiger partial charge in [0.2, 0.25) is 0 Å². The summed E-state index contributed by atoms with van der Waals surface area (Å²) in [6.45, 7) is 8.99. The van der Waals surface area contributed by atoms with Crippen molar-refractivity contribution >= 4 is 0 Å². The van der Waals surface area contributed by atoms with Crippen LogP contribution < -0.4 is 0 Å². The first kappa shape index (κ1) is 20.0. The SMILES string of the molecule is C[C@H](CCC(C)(C)O)[C@H]1CCC2C3CC=C4C[C@@H](O)CCC4C3CC[C@@]21C. The van der Waals surface area contributed by atoms with E-state index in [0.29, 0.717) is 5.41 Å². The Morgan fingerprint density at radius 1 is 1.15 bits per heavy atom. The Kier molecular flexibility index (Phi) is 5.30. The topological polar surface area (TPSA) is 40.5 Å². The summed E-state index contributed by atoms with van der Waals surface area (Å²) >= 11 is 0. The fourth-order valence-electron chi connectivity index (χ4n) is 8.01. The molecule has 0 heterocycles. The van der Waals surface area contributed by atoms with Gasteiger partial charge in [-0.05, 0) is 119 Å². The van der Waals surface area contributed by atoms with Crippen molar-refractivity contribution in [2.24, 2.45) is 40.9 Å². The van der Waals surface area contributed by atoms with E-state index in [2.05, 4.69) is 19.9 Å². The lowest BCUT2D eigenvalue weighted by atomic mass is 9.51. The van der Waals surface area contributed by atoms with Gasteiger partial charge in [-0.15, -0.1) is 0 Å². The zero-order valence-electron chi connectivity index (χ0n) is 18.1. The molecule has 4 aliphatic rings. The minimum atomic E-state index is -0.527. The Bertz CT molecular complexity index is 573. The van der Waals surface area contributed by atoms with Gasteiger partial charge in [-0.2, -0.15) is 0 Å². The molecule has 0 aliphatic heterocycles. The van der Waals surface area contributed by atoms with E-state index in [-0.39, 0.29) is 6.10 Å². The maximum Gasteiger partial charge on any atom is 0.0591 e. The van der Waals surface area contributed by atoms with E-state index in [4.69, 9.17) is 0 Å². The van der Waals surface area contributed by atoms with E-state index < -0.39 is 5.60 Å². The van der Waals surface area contributed by atoms with Crippen LogP contribution in [0.15, 0.2) is 11.6 Å². The van der Waals surface area contributed by atoms with Crippen LogP contribution in [0.1, 0.15) is 91.9 Å². The van der Waals surface area contributed by atoms with Crippen LogP contribution >= 0.6 is 0 Å². The monoisotopic (exact) mass is 374 g/mol. The van der Waals surface area contributed by atoms with E-state index >= 15 is 0 Å². The van der Waals surface area contributed by atoms with Crippen LogP contribution in [-0.4, -0.2) is 21.9 Å². The predicted octanol–water partition coefficient (Wildman–Crippen LogP) is 5.72. The van der Waals surface area contributed by atoms with E-state index in [0.717, 1.165) is 61.2 Å². The molecular formula is C25H42O2. The third-order valence-electron chi connectivity index (χ3n) is 9.39. The summed E-state index contributed by atoms with van der Waals surface area (Å²) in [5.74, 6) is 5.02. The standard InChI is InChI=1S/C25H42O2/c1-16(11-13-24(2,3)27)22-9-10-23-21-7-5-17-15-18(26)6-8-19(17)20(21)12-14-25(22,23)4/h5,16,18-23,26-27H,6-15H2,1-4H3/t16-,18+,19?,20?,21?,22-,23?,25-/m1/s1. The Balaban J connectivity index is 1.48. The summed E-state index contributed by atoms with van der Waals surface area (Å²) in [4.78, 5) is 0. The average molecular weight is 375 g/mol. The molecule has 0 spiro atoms. The Hall–Kier alpha value is -0.340. The summed E-state index contributed by atoms with van der Waals surface area (Å²) in [6.07, 6.45) is 14.7. The molecule has 0 bridgehead atoms. The minimum absolute atomic E-state index is 0.0783. The fraction of sp³-hybridized carbons (Fsp3) is 0.920. The molecule has 27 heavy (non-hydrogen) atoms. The van der Waals surface area contributed by atoms with Crippen LogP contribution in [0.5, 0.6) is 0 Å². The summed E-state index contributed by atoms with van der Waals surface area (Å²) in [6, 6.07) is 0. The highest BCUT2D eigenvalue weighted by molar-refractivity contribution is 5.20. The first-order valence-electron chi connectivity index (χ1n) is 11.8. The first-order valence-corrected chi connectivity index (χ1v) is 11.8. The number of aliphatic hydroxyl groups is 2. The van der Waals surface area contributed by atoms with Gasteiger partial charge in [-0.25, -0.2) is 0 Å². The number of hydrogen-bond donors (Lipinski definition) is 2. The van der Waals surface area contributed by atoms with Crippen LogP contribution in [0.25, 0.3) is 0 Å². The lowest BCUT2D eigenvalue weighted by Crippen LogP contribution is -2.47. The van der Waals surface area contributed by atoms with Gasteiger partial charge in [0.15, 0.2) is 0 Å². The van der Waals surface area contributed by atoms with Crippen molar-refractivity contribution in [3.05, 3.63) is 11.6 Å². The first-order chi connectivity index (χ1) is 12.7. The molecule has 0 radical (unpaired) electrons. The smallest absolute Gasteiger partial charge is 0.0591 e. The fourth-order valence-corrected chi connectivity index (χ4v) is 8.01. The van der Waals surface area contributed by atoms with Crippen molar-refractivity contribution in [3.8, 4) is 0 Å². The largest absolute Gasteiger partial charge is 0.393 e. The van der Waals surface area contributed by atoms with E-state index in [1.165, 1.54) is 38.5 Å². The number of hydrogen-bond acceptors (Lipinski definition) is 2. The number of allylic oxidation sites excluding steroid dienone is 1. The maximum atomic E-state index is 10.2. The summed E-state index contributed by atoms with van der Waals surface area (Å²) < 4.78 is 0. The Morgan fingerprint density at radius 3 is 2.67 bits per heavy atom. The van der Waals surface area contributed by atoms with Crippen LogP contribution in [0.2, 0.25) is 0 Å². The predicted molar refractivity (Wildman–Crippen MR) is 111 cm³/mol. The Morgan fingerprint density at radius 2 is 1.93 bits per heavy atom. The van der Waals surface area contributed by atoms with Gasteiger partial charge in [0.05, 0.1) is 11.7 Å². The second kappa shape index (κ2) is 7.17. The molecule has 4 unspecified atom stereocenters. The van der Waals surface area contributed by atoms with Crippen LogP contribution in [0.3, 0.4) is 0 Å². The number of fused-ring (bicyclic) bond motifs is 5. The normalized spacial score (nSPS) is 45.5. The molecule has 0 aromatic carbocycles. The molecule has 3 fully saturated rings. The maximum absolute atomic E-state index is 10.2. The van der Waals surface area contributed by atoms with Crippen LogP contribution in [0.4, 0.5) is 0 Å². The van der Waals surface area contributed by atoms with Crippen molar-refractivity contribution in [2.75, 3.05) is 0 Å². The van der Waals surface area contributed by atoms with Crippen molar-refractivity contribution in [3.63, 3.8) is 0 Å². The van der Waals surface area contributed by atoms with Crippen LogP contribution in [0, 0.1) is 40.9 Å². The zero-order chi connectivity index (χ0) is 19.4. The van der Waals surface area contributed by atoms with E-state index in [9.17, 15) is 10.2 Å². The minimum Gasteiger partial charge on any atom is -0.393 e. The third kappa shape index (κ3) is 3.66. The lowest BCUT2D eigenvalue weighted by molar-refractivity contribution is -0.0319. The number of rotatable bonds is 4. The summed E-state index contributed by atoms with van der Waals surface area (Å²) in [5.41, 5.74) is 1.59.